The minimum Gasteiger partial charge on any atom is -0.217 e. The quantitative estimate of drug-likeness (QED) is 0.629. The van der Waals surface area contributed by atoms with Gasteiger partial charge in [-0.05, 0) is 12.1 Å². The monoisotopic (exact) mass is 291 g/mol. The number of alkyl halides is 1. The highest BCUT2D eigenvalue weighted by Crippen LogP contribution is 2.18. The van der Waals surface area contributed by atoms with Gasteiger partial charge in [-0.3, -0.25) is 0 Å². The molecule has 1 heterocycles. The van der Waals surface area contributed by atoms with Crippen molar-refractivity contribution in [2.24, 2.45) is 0 Å². The van der Waals surface area contributed by atoms with Gasteiger partial charge in [-0.1, -0.05) is 21.1 Å². The van der Waals surface area contributed by atoms with Crippen molar-refractivity contribution < 1.29 is 13.2 Å². The van der Waals surface area contributed by atoms with Gasteiger partial charge < -0.3 is 0 Å². The molecule has 7 heteroatoms. The van der Waals surface area contributed by atoms with Crippen molar-refractivity contribution in [1.29, 1.82) is 0 Å². The Bertz CT molecular complexity index is 527. The first-order valence-corrected chi connectivity index (χ1v) is 5.36. The van der Waals surface area contributed by atoms with Gasteiger partial charge in [-0.25, -0.2) is 17.9 Å². The lowest BCUT2D eigenvalue weighted by atomic mass is 10.3. The number of hydrogen-bond donors (Lipinski definition) is 0. The third-order valence-corrected chi connectivity index (χ3v) is 2.51. The van der Waals surface area contributed by atoms with Crippen LogP contribution in [0.3, 0.4) is 0 Å². The number of halogens is 4. The summed E-state index contributed by atoms with van der Waals surface area (Å²) in [5.41, 5.74) is 0.378. The van der Waals surface area contributed by atoms with Crippen LogP contribution in [0, 0.1) is 17.5 Å². The molecule has 0 saturated carbocycles. The van der Waals surface area contributed by atoms with E-state index in [1.165, 1.54) is 6.20 Å². The van der Waals surface area contributed by atoms with E-state index in [2.05, 4.69) is 26.2 Å². The lowest BCUT2D eigenvalue weighted by Crippen LogP contribution is -2.02. The highest BCUT2D eigenvalue weighted by molar-refractivity contribution is 9.08. The van der Waals surface area contributed by atoms with Gasteiger partial charge >= 0.3 is 0 Å². The molecule has 0 bridgehead atoms. The smallest absolute Gasteiger partial charge is 0.196 e. The van der Waals surface area contributed by atoms with E-state index in [-0.39, 0.29) is 5.69 Å². The first-order valence-electron chi connectivity index (χ1n) is 4.24. The van der Waals surface area contributed by atoms with E-state index in [9.17, 15) is 13.2 Å². The van der Waals surface area contributed by atoms with Crippen molar-refractivity contribution in [3.63, 3.8) is 0 Å². The van der Waals surface area contributed by atoms with Gasteiger partial charge in [-0.2, -0.15) is 0 Å². The minimum atomic E-state index is -1.52. The van der Waals surface area contributed by atoms with Gasteiger partial charge in [0.05, 0.1) is 11.9 Å². The fourth-order valence-corrected chi connectivity index (χ4v) is 1.43. The molecule has 0 atom stereocenters. The average Bonchev–Trinajstić information content (AvgIpc) is 2.74. The molecule has 0 saturated heterocycles. The lowest BCUT2D eigenvalue weighted by molar-refractivity contribution is 0.442. The van der Waals surface area contributed by atoms with Crippen LogP contribution in [-0.4, -0.2) is 15.0 Å². The summed E-state index contributed by atoms with van der Waals surface area (Å²) in [6.07, 6.45) is 1.42. The Labute approximate surface area is 97.0 Å². The standard InChI is InChI=1S/C9H5BrF3N3/c10-3-5-4-16(15-14-5)7-2-1-6(11)8(12)9(7)13/h1-2,4H,3H2. The Morgan fingerprint density at radius 1 is 1.19 bits per heavy atom. The summed E-state index contributed by atoms with van der Waals surface area (Å²) in [6, 6.07) is 1.93. The summed E-state index contributed by atoms with van der Waals surface area (Å²) in [5.74, 6) is -4.04. The van der Waals surface area contributed by atoms with E-state index in [4.69, 9.17) is 0 Å². The molecule has 0 amide bonds. The third-order valence-electron chi connectivity index (χ3n) is 1.94. The molecule has 0 aliphatic carbocycles. The molecule has 0 N–H and O–H groups in total. The number of rotatable bonds is 2. The van der Waals surface area contributed by atoms with Crippen molar-refractivity contribution in [2.45, 2.75) is 5.33 Å². The topological polar surface area (TPSA) is 30.7 Å². The molecule has 1 aromatic carbocycles. The highest BCUT2D eigenvalue weighted by atomic mass is 79.9. The Kier molecular flexibility index (Phi) is 2.95. The second kappa shape index (κ2) is 4.25. The molecule has 0 aliphatic heterocycles. The second-order valence-corrected chi connectivity index (χ2v) is 3.54. The number of hydrogen-bond acceptors (Lipinski definition) is 2. The molecule has 2 aromatic rings. The van der Waals surface area contributed by atoms with Crippen LogP contribution in [0.1, 0.15) is 5.69 Å². The van der Waals surface area contributed by atoms with Crippen molar-refractivity contribution in [3.05, 3.63) is 41.5 Å². The fourth-order valence-electron chi connectivity index (χ4n) is 1.17. The molecule has 84 valence electrons. The van der Waals surface area contributed by atoms with Crippen molar-refractivity contribution in [3.8, 4) is 5.69 Å². The van der Waals surface area contributed by atoms with Gasteiger partial charge in [0.2, 0.25) is 0 Å². The first-order chi connectivity index (χ1) is 7.63. The van der Waals surface area contributed by atoms with Gasteiger partial charge in [0.15, 0.2) is 17.5 Å². The zero-order valence-corrected chi connectivity index (χ0v) is 9.38. The molecule has 2 rings (SSSR count). The maximum absolute atomic E-state index is 13.3. The van der Waals surface area contributed by atoms with Crippen molar-refractivity contribution >= 4 is 15.9 Å². The van der Waals surface area contributed by atoms with E-state index in [0.717, 1.165) is 16.8 Å². The van der Waals surface area contributed by atoms with E-state index in [1.54, 1.807) is 0 Å². The number of aromatic nitrogens is 3. The fraction of sp³-hybridized carbons (Fsp3) is 0.111. The Morgan fingerprint density at radius 2 is 1.94 bits per heavy atom. The maximum Gasteiger partial charge on any atom is 0.196 e. The maximum atomic E-state index is 13.3. The molecule has 3 nitrogen and oxygen atoms in total. The highest BCUT2D eigenvalue weighted by Gasteiger charge is 2.15. The van der Waals surface area contributed by atoms with Gasteiger partial charge in [0.25, 0.3) is 0 Å². The van der Waals surface area contributed by atoms with Crippen LogP contribution in [0.5, 0.6) is 0 Å². The van der Waals surface area contributed by atoms with Crippen molar-refractivity contribution in [2.75, 3.05) is 0 Å². The third kappa shape index (κ3) is 1.82. The summed E-state index contributed by atoms with van der Waals surface area (Å²) in [7, 11) is 0. The molecular weight excluding hydrogens is 287 g/mol. The van der Waals surface area contributed by atoms with E-state index in [0.29, 0.717) is 11.0 Å². The Morgan fingerprint density at radius 3 is 2.56 bits per heavy atom. The molecular formula is C9H5BrF3N3. The molecule has 16 heavy (non-hydrogen) atoms. The van der Waals surface area contributed by atoms with Crippen LogP contribution < -0.4 is 0 Å². The largest absolute Gasteiger partial charge is 0.217 e. The number of benzene rings is 1. The molecule has 0 unspecified atom stereocenters. The zero-order valence-electron chi connectivity index (χ0n) is 7.79. The summed E-state index contributed by atoms with van der Waals surface area (Å²) in [4.78, 5) is 0. The Balaban J connectivity index is 2.52. The molecule has 1 aromatic heterocycles. The van der Waals surface area contributed by atoms with Gasteiger partial charge in [0.1, 0.15) is 5.69 Å². The van der Waals surface area contributed by atoms with Crippen LogP contribution in [0.4, 0.5) is 13.2 Å². The second-order valence-electron chi connectivity index (χ2n) is 2.98. The predicted octanol–water partition coefficient (Wildman–Crippen LogP) is 2.58. The average molecular weight is 292 g/mol. The lowest BCUT2D eigenvalue weighted by Gasteiger charge is -2.02. The first kappa shape index (κ1) is 11.1. The molecule has 0 radical (unpaired) electrons. The number of nitrogens with zero attached hydrogens (tertiary/aromatic N) is 3. The molecule has 0 spiro atoms. The van der Waals surface area contributed by atoms with Crippen LogP contribution in [0.25, 0.3) is 5.69 Å². The summed E-state index contributed by atoms with van der Waals surface area (Å²) < 4.78 is 40.0. The van der Waals surface area contributed by atoms with Gasteiger partial charge in [-0.15, -0.1) is 5.10 Å². The van der Waals surface area contributed by atoms with E-state index >= 15 is 0 Å². The SMILES string of the molecule is Fc1ccc(-n2cc(CBr)nn2)c(F)c1F. The summed E-state index contributed by atoms with van der Waals surface area (Å²) in [5, 5.41) is 7.73. The summed E-state index contributed by atoms with van der Waals surface area (Å²) >= 11 is 3.14. The van der Waals surface area contributed by atoms with Crippen LogP contribution in [0.2, 0.25) is 0 Å². The summed E-state index contributed by atoms with van der Waals surface area (Å²) in [6.45, 7) is 0. The van der Waals surface area contributed by atoms with Crippen molar-refractivity contribution in [1.82, 2.24) is 15.0 Å². The Hall–Kier alpha value is -1.37. The molecule has 0 fully saturated rings. The molecule has 0 aliphatic rings. The minimum absolute atomic E-state index is 0.182. The van der Waals surface area contributed by atoms with E-state index < -0.39 is 17.5 Å². The van der Waals surface area contributed by atoms with Crippen LogP contribution >= 0.6 is 15.9 Å². The van der Waals surface area contributed by atoms with Crippen LogP contribution in [0.15, 0.2) is 18.3 Å². The zero-order chi connectivity index (χ0) is 11.7. The predicted molar refractivity (Wildman–Crippen MR) is 53.9 cm³/mol. The van der Waals surface area contributed by atoms with Gasteiger partial charge in [0, 0.05) is 5.33 Å². The van der Waals surface area contributed by atoms with E-state index in [1.807, 2.05) is 0 Å². The normalized spacial score (nSPS) is 10.8. The van der Waals surface area contributed by atoms with Crippen LogP contribution in [-0.2, 0) is 5.33 Å².